The first-order valence-electron chi connectivity index (χ1n) is 19.5. The maximum absolute atomic E-state index is 15.3. The van der Waals surface area contributed by atoms with Gasteiger partial charge in [0.15, 0.2) is 0 Å². The van der Waals surface area contributed by atoms with E-state index in [0.29, 0.717) is 48.5 Å². The van der Waals surface area contributed by atoms with Gasteiger partial charge in [-0.3, -0.25) is 9.48 Å². The fourth-order valence-electron chi connectivity index (χ4n) is 8.69. The van der Waals surface area contributed by atoms with Crippen molar-refractivity contribution in [2.75, 3.05) is 18.1 Å². The monoisotopic (exact) mass is 811 g/mol. The summed E-state index contributed by atoms with van der Waals surface area (Å²) in [6, 6.07) is 23.6. The van der Waals surface area contributed by atoms with Crippen molar-refractivity contribution in [2.24, 2.45) is 14.1 Å². The Labute approximate surface area is 346 Å². The van der Waals surface area contributed by atoms with Crippen LogP contribution in [0.5, 0.6) is 5.75 Å². The molecule has 1 aliphatic heterocycles. The van der Waals surface area contributed by atoms with Gasteiger partial charge in [0.25, 0.3) is 5.91 Å². The summed E-state index contributed by atoms with van der Waals surface area (Å²) in [6.07, 6.45) is 3.34. The summed E-state index contributed by atoms with van der Waals surface area (Å²) in [5.74, 6) is 1.57. The standard InChI is InChI=1S/C46H43Cl2N7O3/c1-25-20-32(21-26(2)41(25)48)57-19-11-14-33-34-16-17-36(47)40(39-28(4)51-53(7)29(39)5)42(34)55-27(3)23-54(46(56)43(33)55)38-24-52(6)37-18-15-31(22-35(37)38)45-50-49-44(58-45)30-12-9-8-10-13-30/h8-10,12-13,15-18,20-22,24,27H,11,14,19,23H2,1-7H3/t27-/m1/s1. The Morgan fingerprint density at radius 2 is 1.59 bits per heavy atom. The summed E-state index contributed by atoms with van der Waals surface area (Å²) in [5.41, 5.74) is 11.7. The molecule has 9 rings (SSSR count). The summed E-state index contributed by atoms with van der Waals surface area (Å²) >= 11 is 13.6. The number of anilines is 1. The van der Waals surface area contributed by atoms with Gasteiger partial charge in [0.2, 0.25) is 11.8 Å². The van der Waals surface area contributed by atoms with Crippen LogP contribution in [-0.4, -0.2) is 48.2 Å². The molecule has 12 heteroatoms. The molecule has 8 aromatic rings. The number of hydrogen-bond acceptors (Lipinski definition) is 6. The lowest BCUT2D eigenvalue weighted by atomic mass is 9.98. The molecule has 0 spiro atoms. The number of benzene rings is 4. The molecule has 0 saturated heterocycles. The molecule has 4 aromatic heterocycles. The molecule has 0 aliphatic carbocycles. The van der Waals surface area contributed by atoms with Gasteiger partial charge in [-0.25, -0.2) is 0 Å². The summed E-state index contributed by atoms with van der Waals surface area (Å²) in [5, 5.41) is 16.8. The van der Waals surface area contributed by atoms with Crippen LogP contribution in [0.25, 0.3) is 55.8 Å². The number of ether oxygens (including phenoxy) is 1. The fraction of sp³-hybridized carbons (Fsp3) is 0.261. The number of carbonyl (C=O) groups is 1. The zero-order valence-electron chi connectivity index (χ0n) is 33.5. The third-order valence-corrected chi connectivity index (χ3v) is 12.4. The van der Waals surface area contributed by atoms with Crippen LogP contribution in [0.3, 0.4) is 0 Å². The van der Waals surface area contributed by atoms with Crippen molar-refractivity contribution in [1.29, 1.82) is 0 Å². The molecule has 5 heterocycles. The first-order chi connectivity index (χ1) is 27.9. The van der Waals surface area contributed by atoms with Crippen molar-refractivity contribution < 1.29 is 13.9 Å². The first kappa shape index (κ1) is 37.7. The molecular formula is C46H43Cl2N7O3. The zero-order valence-corrected chi connectivity index (χ0v) is 35.0. The van der Waals surface area contributed by atoms with Gasteiger partial charge in [0.05, 0.1) is 28.5 Å². The second kappa shape index (κ2) is 14.5. The predicted molar refractivity (Wildman–Crippen MR) is 231 cm³/mol. The predicted octanol–water partition coefficient (Wildman–Crippen LogP) is 11.0. The lowest BCUT2D eigenvalue weighted by Crippen LogP contribution is -2.42. The summed E-state index contributed by atoms with van der Waals surface area (Å²) in [6.45, 7) is 11.1. The molecule has 0 radical (unpaired) electrons. The van der Waals surface area contributed by atoms with Crippen LogP contribution in [-0.2, 0) is 20.5 Å². The molecule has 1 aliphatic rings. The van der Waals surface area contributed by atoms with Crippen molar-refractivity contribution >= 4 is 56.6 Å². The molecule has 294 valence electrons. The van der Waals surface area contributed by atoms with Crippen molar-refractivity contribution in [3.8, 4) is 39.8 Å². The maximum Gasteiger partial charge on any atom is 0.275 e. The molecule has 0 bridgehead atoms. The minimum Gasteiger partial charge on any atom is -0.494 e. The molecule has 10 nitrogen and oxygen atoms in total. The number of amides is 1. The van der Waals surface area contributed by atoms with Crippen LogP contribution in [0.2, 0.25) is 10.0 Å². The smallest absolute Gasteiger partial charge is 0.275 e. The van der Waals surface area contributed by atoms with Crippen LogP contribution in [0.1, 0.15) is 58.0 Å². The lowest BCUT2D eigenvalue weighted by molar-refractivity contribution is 0.0957. The highest BCUT2D eigenvalue weighted by molar-refractivity contribution is 6.35. The second-order valence-electron chi connectivity index (χ2n) is 15.4. The largest absolute Gasteiger partial charge is 0.494 e. The summed E-state index contributed by atoms with van der Waals surface area (Å²) < 4.78 is 18.6. The topological polar surface area (TPSA) is 96.1 Å². The summed E-state index contributed by atoms with van der Waals surface area (Å²) in [4.78, 5) is 17.2. The molecule has 4 aromatic carbocycles. The highest BCUT2D eigenvalue weighted by Gasteiger charge is 2.37. The van der Waals surface area contributed by atoms with Crippen LogP contribution in [0, 0.1) is 27.7 Å². The Bertz CT molecular complexity index is 2900. The van der Waals surface area contributed by atoms with E-state index in [1.54, 1.807) is 0 Å². The van der Waals surface area contributed by atoms with E-state index in [1.165, 1.54) is 0 Å². The average molecular weight is 813 g/mol. The number of hydrogen-bond donors (Lipinski definition) is 0. The van der Waals surface area contributed by atoms with E-state index in [4.69, 9.17) is 37.5 Å². The van der Waals surface area contributed by atoms with Gasteiger partial charge in [-0.15, -0.1) is 10.2 Å². The minimum atomic E-state index is -0.0995. The second-order valence-corrected chi connectivity index (χ2v) is 16.2. The van der Waals surface area contributed by atoms with Crippen molar-refractivity contribution in [3.63, 3.8) is 0 Å². The van der Waals surface area contributed by atoms with Gasteiger partial charge in [0.1, 0.15) is 11.4 Å². The fourth-order valence-corrected chi connectivity index (χ4v) is 9.05. The maximum atomic E-state index is 15.3. The highest BCUT2D eigenvalue weighted by atomic mass is 35.5. The third-order valence-electron chi connectivity index (χ3n) is 11.5. The van der Waals surface area contributed by atoms with Gasteiger partial charge in [-0.2, -0.15) is 5.10 Å². The zero-order chi connectivity index (χ0) is 40.6. The Kier molecular flexibility index (Phi) is 9.44. The molecule has 0 unspecified atom stereocenters. The van der Waals surface area contributed by atoms with Crippen molar-refractivity contribution in [1.82, 2.24) is 29.1 Å². The number of rotatable bonds is 9. The highest BCUT2D eigenvalue weighted by Crippen LogP contribution is 2.46. The normalized spacial score (nSPS) is 14.3. The number of aryl methyl sites for hydroxylation is 6. The number of carbonyl (C=O) groups excluding carboxylic acids is 1. The lowest BCUT2D eigenvalue weighted by Gasteiger charge is -2.34. The van der Waals surface area contributed by atoms with Crippen molar-refractivity contribution in [2.45, 2.75) is 53.5 Å². The van der Waals surface area contributed by atoms with E-state index in [-0.39, 0.29) is 11.9 Å². The van der Waals surface area contributed by atoms with Crippen LogP contribution >= 0.6 is 23.2 Å². The van der Waals surface area contributed by atoms with E-state index in [2.05, 4.69) is 39.2 Å². The van der Waals surface area contributed by atoms with Gasteiger partial charge in [-0.1, -0.05) is 47.5 Å². The van der Waals surface area contributed by atoms with Gasteiger partial charge in [-0.05, 0) is 113 Å². The molecule has 1 amide bonds. The van der Waals surface area contributed by atoms with E-state index < -0.39 is 0 Å². The molecule has 0 fully saturated rings. The molecule has 58 heavy (non-hydrogen) atoms. The van der Waals surface area contributed by atoms with Crippen LogP contribution < -0.4 is 9.64 Å². The minimum absolute atomic E-state index is 0.0714. The number of halogens is 2. The third kappa shape index (κ3) is 6.17. The molecular weight excluding hydrogens is 769 g/mol. The Morgan fingerprint density at radius 3 is 2.29 bits per heavy atom. The van der Waals surface area contributed by atoms with E-state index >= 15 is 4.79 Å². The van der Waals surface area contributed by atoms with E-state index in [9.17, 15) is 0 Å². The van der Waals surface area contributed by atoms with Gasteiger partial charge in [0, 0.05) is 82.1 Å². The molecule has 0 saturated carbocycles. The SMILES string of the molecule is Cc1cc(OCCCc2c3n(c4c(-c5c(C)nn(C)c5C)c(Cl)ccc24)[C@H](C)CN(c2cn(C)c4ccc(-c5nnc(-c6ccccc6)o5)cc24)C3=O)cc(C)c1Cl. The van der Waals surface area contributed by atoms with E-state index in [0.717, 1.165) is 88.6 Å². The van der Waals surface area contributed by atoms with E-state index in [1.807, 2.05) is 117 Å². The van der Waals surface area contributed by atoms with Gasteiger partial charge >= 0.3 is 0 Å². The number of fused-ring (bicyclic) bond motifs is 4. The molecule has 0 N–H and O–H groups in total. The first-order valence-corrected chi connectivity index (χ1v) is 20.2. The van der Waals surface area contributed by atoms with Crippen molar-refractivity contribution in [3.05, 3.63) is 123 Å². The van der Waals surface area contributed by atoms with Crippen LogP contribution in [0.15, 0.2) is 83.4 Å². The summed E-state index contributed by atoms with van der Waals surface area (Å²) in [7, 11) is 3.95. The quantitative estimate of drug-likeness (QED) is 0.135. The Balaban J connectivity index is 1.15. The van der Waals surface area contributed by atoms with Crippen LogP contribution in [0.4, 0.5) is 5.69 Å². The van der Waals surface area contributed by atoms with Gasteiger partial charge < -0.3 is 23.2 Å². The Hall–Kier alpha value is -5.84. The molecule has 1 atom stereocenters. The Morgan fingerprint density at radius 1 is 0.862 bits per heavy atom. The number of nitrogens with zero attached hydrogens (tertiary/aromatic N) is 7. The average Bonchev–Trinajstić information content (AvgIpc) is 3.97. The number of aromatic nitrogens is 6.